The summed E-state index contributed by atoms with van der Waals surface area (Å²) in [5, 5.41) is 0. The van der Waals surface area contributed by atoms with Gasteiger partial charge in [-0.2, -0.15) is 4.31 Å². The maximum atomic E-state index is 12.9. The minimum Gasteiger partial charge on any atom is -0.271 e. The summed E-state index contributed by atoms with van der Waals surface area (Å²) in [7, 11) is -3.57. The molecule has 0 unspecified atom stereocenters. The summed E-state index contributed by atoms with van der Waals surface area (Å²) >= 11 is 0. The van der Waals surface area contributed by atoms with E-state index in [-0.39, 0.29) is 35.8 Å². The lowest BCUT2D eigenvalue weighted by Gasteiger charge is -2.35. The summed E-state index contributed by atoms with van der Waals surface area (Å²) in [6.07, 6.45) is 1.74. The minimum atomic E-state index is -3.57. The van der Waals surface area contributed by atoms with Crippen LogP contribution in [0.3, 0.4) is 0 Å². The van der Waals surface area contributed by atoms with Crippen molar-refractivity contribution >= 4 is 21.8 Å². The van der Waals surface area contributed by atoms with Crippen LogP contribution < -0.4 is 0 Å². The van der Waals surface area contributed by atoms with Gasteiger partial charge >= 0.3 is 0 Å². The van der Waals surface area contributed by atoms with Gasteiger partial charge in [0.2, 0.25) is 10.0 Å². The number of imide groups is 1. The van der Waals surface area contributed by atoms with Gasteiger partial charge in [0.25, 0.3) is 11.8 Å². The molecule has 2 amide bonds. The molecule has 2 aliphatic rings. The highest BCUT2D eigenvalue weighted by molar-refractivity contribution is 7.89. The molecule has 2 aliphatic heterocycles. The molecule has 2 heterocycles. The maximum Gasteiger partial charge on any atom is 0.261 e. The molecule has 4 rings (SSSR count). The number of carbonyl (C=O) groups is 2. The van der Waals surface area contributed by atoms with Crippen LogP contribution in [0.2, 0.25) is 0 Å². The zero-order valence-corrected chi connectivity index (χ0v) is 16.5. The second kappa shape index (κ2) is 7.14. The summed E-state index contributed by atoms with van der Waals surface area (Å²) < 4.78 is 27.2. The van der Waals surface area contributed by atoms with E-state index in [0.717, 1.165) is 12.0 Å². The SMILES string of the molecule is CCc1ccc(S(=O)(=O)N2CCC(N3C(=O)c4ccccc4C3=O)CC2)cc1. The molecule has 0 bridgehead atoms. The molecule has 1 saturated heterocycles. The van der Waals surface area contributed by atoms with Gasteiger partial charge in [0.15, 0.2) is 0 Å². The van der Waals surface area contributed by atoms with Crippen molar-refractivity contribution in [3.8, 4) is 0 Å². The zero-order valence-electron chi connectivity index (χ0n) is 15.7. The van der Waals surface area contributed by atoms with Gasteiger partial charge in [-0.15, -0.1) is 0 Å². The van der Waals surface area contributed by atoms with Gasteiger partial charge in [-0.05, 0) is 49.1 Å². The molecule has 0 N–H and O–H groups in total. The third-order valence-corrected chi connectivity index (χ3v) is 7.50. The largest absolute Gasteiger partial charge is 0.271 e. The molecular formula is C21H22N2O4S. The minimum absolute atomic E-state index is 0.277. The van der Waals surface area contributed by atoms with Crippen LogP contribution in [0.25, 0.3) is 0 Å². The smallest absolute Gasteiger partial charge is 0.261 e. The summed E-state index contributed by atoms with van der Waals surface area (Å²) in [5.41, 5.74) is 1.94. The standard InChI is InChI=1S/C21H22N2O4S/c1-2-15-7-9-17(10-8-15)28(26,27)22-13-11-16(12-14-22)23-20(24)18-5-3-4-6-19(18)21(23)25/h3-10,16H,2,11-14H2,1H3. The fourth-order valence-electron chi connectivity index (χ4n) is 3.93. The molecule has 1 fully saturated rings. The molecule has 2 aromatic rings. The number of rotatable bonds is 4. The Labute approximate surface area is 164 Å². The molecule has 28 heavy (non-hydrogen) atoms. The van der Waals surface area contributed by atoms with Crippen LogP contribution in [0.15, 0.2) is 53.4 Å². The van der Waals surface area contributed by atoms with E-state index in [1.54, 1.807) is 36.4 Å². The van der Waals surface area contributed by atoms with E-state index in [9.17, 15) is 18.0 Å². The molecule has 7 heteroatoms. The lowest BCUT2D eigenvalue weighted by Crippen LogP contribution is -2.48. The average molecular weight is 398 g/mol. The first kappa shape index (κ1) is 18.8. The van der Waals surface area contributed by atoms with Crippen LogP contribution in [-0.2, 0) is 16.4 Å². The van der Waals surface area contributed by atoms with Gasteiger partial charge in [-0.3, -0.25) is 14.5 Å². The first-order valence-electron chi connectivity index (χ1n) is 9.49. The van der Waals surface area contributed by atoms with Crippen LogP contribution in [0.1, 0.15) is 46.0 Å². The number of piperidine rings is 1. The molecule has 146 valence electrons. The second-order valence-corrected chi connectivity index (χ2v) is 9.10. The molecule has 2 aromatic carbocycles. The van der Waals surface area contributed by atoms with Crippen LogP contribution in [0, 0.1) is 0 Å². The van der Waals surface area contributed by atoms with E-state index in [2.05, 4.69) is 0 Å². The van der Waals surface area contributed by atoms with Gasteiger partial charge in [0.1, 0.15) is 0 Å². The van der Waals surface area contributed by atoms with Gasteiger partial charge in [-0.25, -0.2) is 8.42 Å². The average Bonchev–Trinajstić information content (AvgIpc) is 2.99. The van der Waals surface area contributed by atoms with Crippen LogP contribution in [0.5, 0.6) is 0 Å². The number of carbonyl (C=O) groups excluding carboxylic acids is 2. The fraction of sp³-hybridized carbons (Fsp3) is 0.333. The van der Waals surface area contributed by atoms with Crippen molar-refractivity contribution in [1.29, 1.82) is 0 Å². The lowest BCUT2D eigenvalue weighted by molar-refractivity contribution is 0.0536. The van der Waals surface area contributed by atoms with Crippen molar-refractivity contribution < 1.29 is 18.0 Å². The second-order valence-electron chi connectivity index (χ2n) is 7.16. The van der Waals surface area contributed by atoms with E-state index in [4.69, 9.17) is 0 Å². The maximum absolute atomic E-state index is 12.9. The molecule has 0 aliphatic carbocycles. The molecule has 0 saturated carbocycles. The van der Waals surface area contributed by atoms with Gasteiger partial charge in [0, 0.05) is 19.1 Å². The Bertz CT molecular complexity index is 988. The Kier molecular flexibility index (Phi) is 4.81. The number of sulfonamides is 1. The predicted octanol–water partition coefficient (Wildman–Crippen LogP) is 2.70. The summed E-state index contributed by atoms with van der Waals surface area (Å²) in [5.74, 6) is -0.561. The highest BCUT2D eigenvalue weighted by Gasteiger charge is 2.41. The number of benzene rings is 2. The molecular weight excluding hydrogens is 376 g/mol. The molecule has 0 aromatic heterocycles. The lowest BCUT2D eigenvalue weighted by atomic mass is 10.1. The quantitative estimate of drug-likeness (QED) is 0.742. The monoisotopic (exact) mass is 398 g/mol. The number of aryl methyl sites for hydroxylation is 1. The summed E-state index contributed by atoms with van der Waals surface area (Å²) in [6.45, 7) is 2.60. The van der Waals surface area contributed by atoms with E-state index >= 15 is 0 Å². The van der Waals surface area contributed by atoms with Crippen molar-refractivity contribution in [2.75, 3.05) is 13.1 Å². The van der Waals surface area contributed by atoms with Gasteiger partial charge < -0.3 is 0 Å². The van der Waals surface area contributed by atoms with Crippen molar-refractivity contribution in [1.82, 2.24) is 9.21 Å². The first-order valence-corrected chi connectivity index (χ1v) is 10.9. The normalized spacial score (nSPS) is 18.5. The topological polar surface area (TPSA) is 74.8 Å². The van der Waals surface area contributed by atoms with Crippen LogP contribution in [-0.4, -0.2) is 48.6 Å². The first-order chi connectivity index (χ1) is 13.4. The van der Waals surface area contributed by atoms with Gasteiger partial charge in [-0.1, -0.05) is 31.2 Å². The Morgan fingerprint density at radius 3 is 1.93 bits per heavy atom. The Balaban J connectivity index is 1.48. The number of amides is 2. The zero-order chi connectivity index (χ0) is 19.9. The van der Waals surface area contributed by atoms with Crippen molar-refractivity contribution in [3.05, 3.63) is 65.2 Å². The molecule has 0 atom stereocenters. The van der Waals surface area contributed by atoms with Gasteiger partial charge in [0.05, 0.1) is 16.0 Å². The molecule has 0 radical (unpaired) electrons. The number of fused-ring (bicyclic) bond motifs is 1. The highest BCUT2D eigenvalue weighted by atomic mass is 32.2. The highest BCUT2D eigenvalue weighted by Crippen LogP contribution is 2.30. The Hall–Kier alpha value is -2.51. The fourth-order valence-corrected chi connectivity index (χ4v) is 5.40. The van der Waals surface area contributed by atoms with Crippen LogP contribution in [0.4, 0.5) is 0 Å². The predicted molar refractivity (Wildman–Crippen MR) is 105 cm³/mol. The summed E-state index contributed by atoms with van der Waals surface area (Å²) in [4.78, 5) is 26.9. The third kappa shape index (κ3) is 3.04. The summed E-state index contributed by atoms with van der Waals surface area (Å²) in [6, 6.07) is 13.5. The van der Waals surface area contributed by atoms with Crippen molar-refractivity contribution in [2.45, 2.75) is 37.1 Å². The van der Waals surface area contributed by atoms with E-state index in [1.807, 2.05) is 19.1 Å². The molecule has 0 spiro atoms. The van der Waals surface area contributed by atoms with Crippen molar-refractivity contribution in [2.24, 2.45) is 0 Å². The van der Waals surface area contributed by atoms with Crippen LogP contribution >= 0.6 is 0 Å². The van der Waals surface area contributed by atoms with E-state index in [0.29, 0.717) is 24.0 Å². The molecule has 6 nitrogen and oxygen atoms in total. The van der Waals surface area contributed by atoms with Crippen molar-refractivity contribution in [3.63, 3.8) is 0 Å². The Morgan fingerprint density at radius 1 is 0.893 bits per heavy atom. The van der Waals surface area contributed by atoms with E-state index < -0.39 is 10.0 Å². The Morgan fingerprint density at radius 2 is 1.43 bits per heavy atom. The third-order valence-electron chi connectivity index (χ3n) is 5.58. The number of hydrogen-bond acceptors (Lipinski definition) is 4. The van der Waals surface area contributed by atoms with E-state index in [1.165, 1.54) is 9.21 Å². The number of nitrogens with zero attached hydrogens (tertiary/aromatic N) is 2. The number of hydrogen-bond donors (Lipinski definition) is 0.